The van der Waals surface area contributed by atoms with Crippen LogP contribution in [0.15, 0.2) is 35.5 Å². The highest BCUT2D eigenvalue weighted by Crippen LogP contribution is 2.31. The summed E-state index contributed by atoms with van der Waals surface area (Å²) in [7, 11) is 0. The first-order valence-electron chi connectivity index (χ1n) is 8.48. The lowest BCUT2D eigenvalue weighted by Crippen LogP contribution is -2.33. The molecular weight excluding hydrogens is 339 g/mol. The van der Waals surface area contributed by atoms with Crippen molar-refractivity contribution in [2.24, 2.45) is 0 Å². The second-order valence-electron chi connectivity index (χ2n) is 6.06. The molecule has 2 aromatic rings. The Morgan fingerprint density at radius 1 is 1.24 bits per heavy atom. The van der Waals surface area contributed by atoms with Crippen LogP contribution in [-0.2, 0) is 0 Å². The van der Waals surface area contributed by atoms with E-state index in [1.807, 2.05) is 24.5 Å². The minimum Gasteiger partial charge on any atom is -0.395 e. The van der Waals surface area contributed by atoms with E-state index >= 15 is 0 Å². The van der Waals surface area contributed by atoms with Crippen molar-refractivity contribution in [1.29, 1.82) is 0 Å². The molecule has 134 valence electrons. The molecule has 2 N–H and O–H groups in total. The monoisotopic (exact) mass is 362 g/mol. The molecule has 1 aliphatic heterocycles. The molecule has 2 heterocycles. The zero-order valence-corrected chi connectivity index (χ0v) is 15.1. The van der Waals surface area contributed by atoms with Crippen LogP contribution in [0.25, 0.3) is 0 Å². The van der Waals surface area contributed by atoms with Gasteiger partial charge in [0.25, 0.3) is 0 Å². The third kappa shape index (κ3) is 4.61. The Bertz CT molecular complexity index is 690. The SMILES string of the molecule is CSc1nc(NCCO)cc(N2CCC(c3ccc(F)cc3)CC2)n1. The average molecular weight is 362 g/mol. The number of nitrogens with one attached hydrogen (secondary N) is 1. The molecule has 0 atom stereocenters. The van der Waals surface area contributed by atoms with Gasteiger partial charge in [0.2, 0.25) is 0 Å². The van der Waals surface area contributed by atoms with Crippen LogP contribution < -0.4 is 10.2 Å². The Labute approximate surface area is 151 Å². The zero-order valence-electron chi connectivity index (χ0n) is 14.3. The van der Waals surface area contributed by atoms with Crippen LogP contribution in [0.4, 0.5) is 16.0 Å². The number of benzene rings is 1. The second kappa shape index (κ2) is 8.49. The molecule has 1 aromatic heterocycles. The summed E-state index contributed by atoms with van der Waals surface area (Å²) >= 11 is 1.51. The molecule has 7 heteroatoms. The maximum absolute atomic E-state index is 13.1. The minimum atomic E-state index is -0.185. The summed E-state index contributed by atoms with van der Waals surface area (Å²) in [5, 5.41) is 12.8. The van der Waals surface area contributed by atoms with Crippen LogP contribution in [-0.4, -0.2) is 47.6 Å². The molecule has 3 rings (SSSR count). The van der Waals surface area contributed by atoms with Crippen molar-refractivity contribution >= 4 is 23.4 Å². The number of anilines is 2. The molecule has 0 saturated carbocycles. The van der Waals surface area contributed by atoms with Gasteiger partial charge in [0, 0.05) is 25.7 Å². The summed E-state index contributed by atoms with van der Waals surface area (Å²) in [5.41, 5.74) is 1.21. The molecule has 25 heavy (non-hydrogen) atoms. The lowest BCUT2D eigenvalue weighted by Gasteiger charge is -2.33. The van der Waals surface area contributed by atoms with Gasteiger partial charge in [-0.3, -0.25) is 0 Å². The third-order valence-corrected chi connectivity index (χ3v) is 5.00. The van der Waals surface area contributed by atoms with E-state index in [0.29, 0.717) is 12.5 Å². The summed E-state index contributed by atoms with van der Waals surface area (Å²) in [5.74, 6) is 1.93. The topological polar surface area (TPSA) is 61.3 Å². The van der Waals surface area contributed by atoms with Crippen LogP contribution in [0.2, 0.25) is 0 Å². The molecule has 1 saturated heterocycles. The van der Waals surface area contributed by atoms with E-state index in [9.17, 15) is 4.39 Å². The van der Waals surface area contributed by atoms with Crippen LogP contribution in [0.1, 0.15) is 24.3 Å². The first-order valence-corrected chi connectivity index (χ1v) is 9.70. The molecule has 5 nitrogen and oxygen atoms in total. The van der Waals surface area contributed by atoms with Crippen LogP contribution in [0.5, 0.6) is 0 Å². The Morgan fingerprint density at radius 2 is 1.96 bits per heavy atom. The van der Waals surface area contributed by atoms with E-state index in [2.05, 4.69) is 20.2 Å². The normalized spacial score (nSPS) is 15.4. The number of aliphatic hydroxyl groups is 1. The summed E-state index contributed by atoms with van der Waals surface area (Å²) < 4.78 is 13.1. The highest BCUT2D eigenvalue weighted by Gasteiger charge is 2.22. The van der Waals surface area contributed by atoms with E-state index in [-0.39, 0.29) is 12.4 Å². The lowest BCUT2D eigenvalue weighted by atomic mass is 9.89. The van der Waals surface area contributed by atoms with Crippen LogP contribution in [0, 0.1) is 5.82 Å². The lowest BCUT2D eigenvalue weighted by molar-refractivity contribution is 0.311. The summed E-state index contributed by atoms with van der Waals surface area (Å²) in [4.78, 5) is 11.3. The number of hydrogen-bond acceptors (Lipinski definition) is 6. The number of rotatable bonds is 6. The molecular formula is C18H23FN4OS. The molecule has 0 bridgehead atoms. The maximum Gasteiger partial charge on any atom is 0.191 e. The first kappa shape index (κ1) is 17.9. The minimum absolute atomic E-state index is 0.0665. The molecule has 1 fully saturated rings. The summed E-state index contributed by atoms with van der Waals surface area (Å²) in [6.07, 6.45) is 3.99. The second-order valence-corrected chi connectivity index (χ2v) is 6.83. The molecule has 0 radical (unpaired) electrons. The fraction of sp³-hybridized carbons (Fsp3) is 0.444. The van der Waals surface area contributed by atoms with Gasteiger partial charge in [0.05, 0.1) is 6.61 Å². The quantitative estimate of drug-likeness (QED) is 0.608. The zero-order chi connectivity index (χ0) is 17.6. The van der Waals surface area contributed by atoms with Gasteiger partial charge < -0.3 is 15.3 Å². The molecule has 1 aromatic carbocycles. The van der Waals surface area contributed by atoms with E-state index in [1.165, 1.54) is 29.5 Å². The average Bonchev–Trinajstić information content (AvgIpc) is 2.67. The predicted octanol–water partition coefficient (Wildman–Crippen LogP) is 3.13. The van der Waals surface area contributed by atoms with Crippen LogP contribution >= 0.6 is 11.8 Å². The van der Waals surface area contributed by atoms with Gasteiger partial charge >= 0.3 is 0 Å². The molecule has 0 spiro atoms. The highest BCUT2D eigenvalue weighted by atomic mass is 32.2. The number of thioether (sulfide) groups is 1. The van der Waals surface area contributed by atoms with E-state index in [1.54, 1.807) is 0 Å². The molecule has 0 unspecified atom stereocenters. The van der Waals surface area contributed by atoms with Gasteiger partial charge in [-0.25, -0.2) is 14.4 Å². The van der Waals surface area contributed by atoms with Crippen molar-refractivity contribution in [2.45, 2.75) is 23.9 Å². The summed E-state index contributed by atoms with van der Waals surface area (Å²) in [6.45, 7) is 2.35. The van der Waals surface area contributed by atoms with Gasteiger partial charge in [-0.05, 0) is 42.7 Å². The third-order valence-electron chi connectivity index (χ3n) is 4.45. The molecule has 1 aliphatic rings. The first-order chi connectivity index (χ1) is 12.2. The predicted molar refractivity (Wildman–Crippen MR) is 100.0 cm³/mol. The number of piperidine rings is 1. The maximum atomic E-state index is 13.1. The van der Waals surface area contributed by atoms with Crippen molar-refractivity contribution in [3.8, 4) is 0 Å². The van der Waals surface area contributed by atoms with Gasteiger partial charge in [-0.1, -0.05) is 23.9 Å². The Hall–Kier alpha value is -1.86. The number of halogens is 1. The standard InChI is InChI=1S/C18H23FN4OS/c1-25-18-21-16(20-8-11-24)12-17(22-18)23-9-6-14(7-10-23)13-2-4-15(19)5-3-13/h2-5,12,14,24H,6-11H2,1H3,(H,20,21,22). The molecule has 0 amide bonds. The van der Waals surface area contributed by atoms with Gasteiger partial charge in [-0.15, -0.1) is 0 Å². The van der Waals surface area contributed by atoms with Crippen LogP contribution in [0.3, 0.4) is 0 Å². The van der Waals surface area contributed by atoms with Crippen molar-refractivity contribution in [2.75, 3.05) is 42.7 Å². The number of nitrogens with zero attached hydrogens (tertiary/aromatic N) is 3. The Balaban J connectivity index is 1.68. The highest BCUT2D eigenvalue weighted by molar-refractivity contribution is 7.98. The number of hydrogen-bond donors (Lipinski definition) is 2. The fourth-order valence-corrected chi connectivity index (χ4v) is 3.49. The number of aliphatic hydroxyl groups excluding tert-OH is 1. The smallest absolute Gasteiger partial charge is 0.191 e. The number of aromatic nitrogens is 2. The van der Waals surface area contributed by atoms with Gasteiger partial charge in [0.1, 0.15) is 17.5 Å². The van der Waals surface area contributed by atoms with E-state index in [0.717, 1.165) is 42.7 Å². The Morgan fingerprint density at radius 3 is 2.60 bits per heavy atom. The van der Waals surface area contributed by atoms with Crippen molar-refractivity contribution in [3.63, 3.8) is 0 Å². The summed E-state index contributed by atoms with van der Waals surface area (Å²) in [6, 6.07) is 8.80. The van der Waals surface area contributed by atoms with Gasteiger partial charge in [-0.2, -0.15) is 0 Å². The van der Waals surface area contributed by atoms with Crippen molar-refractivity contribution in [1.82, 2.24) is 9.97 Å². The van der Waals surface area contributed by atoms with Gasteiger partial charge in [0.15, 0.2) is 5.16 Å². The Kier molecular flexibility index (Phi) is 6.09. The van der Waals surface area contributed by atoms with Crippen molar-refractivity contribution in [3.05, 3.63) is 41.7 Å². The largest absolute Gasteiger partial charge is 0.395 e. The van der Waals surface area contributed by atoms with Crippen molar-refractivity contribution < 1.29 is 9.50 Å². The van der Waals surface area contributed by atoms with E-state index in [4.69, 9.17) is 5.11 Å². The fourth-order valence-electron chi connectivity index (χ4n) is 3.12. The molecule has 0 aliphatic carbocycles. The van der Waals surface area contributed by atoms with E-state index < -0.39 is 0 Å².